The Labute approximate surface area is 125 Å². The Balaban J connectivity index is 1.99. The summed E-state index contributed by atoms with van der Waals surface area (Å²) in [6.07, 6.45) is 0. The smallest absolute Gasteiger partial charge is 0.188 e. The van der Waals surface area contributed by atoms with Crippen LogP contribution >= 0.6 is 34.5 Å². The Morgan fingerprint density at radius 2 is 2.00 bits per heavy atom. The number of aromatic nitrogens is 1. The largest absolute Gasteiger partial charge is 0.330 e. The number of rotatable bonds is 2. The van der Waals surface area contributed by atoms with Gasteiger partial charge in [0.05, 0.1) is 25.9 Å². The Kier molecular flexibility index (Phi) is 3.35. The van der Waals surface area contributed by atoms with Crippen molar-refractivity contribution in [3.63, 3.8) is 0 Å². The maximum Gasteiger partial charge on any atom is 0.188 e. The lowest BCUT2D eigenvalue weighted by Crippen LogP contribution is -1.90. The summed E-state index contributed by atoms with van der Waals surface area (Å²) in [6.45, 7) is 2.06. The van der Waals surface area contributed by atoms with Gasteiger partial charge in [0.1, 0.15) is 0 Å². The van der Waals surface area contributed by atoms with Gasteiger partial charge in [-0.15, -0.1) is 0 Å². The van der Waals surface area contributed by atoms with Crippen LogP contribution in [0.15, 0.2) is 36.4 Å². The molecule has 3 aromatic rings. The fourth-order valence-corrected chi connectivity index (χ4v) is 3.01. The van der Waals surface area contributed by atoms with Gasteiger partial charge in [-0.05, 0) is 36.8 Å². The van der Waals surface area contributed by atoms with Crippen molar-refractivity contribution in [1.82, 2.24) is 4.98 Å². The molecule has 2 nitrogen and oxygen atoms in total. The van der Waals surface area contributed by atoms with E-state index >= 15 is 0 Å². The SMILES string of the molecule is Cc1ccc2sc(Nc3cccc(Cl)c3Cl)nc2c1. The molecule has 0 radical (unpaired) electrons. The molecule has 1 aromatic heterocycles. The maximum absolute atomic E-state index is 6.15. The predicted octanol–water partition coefficient (Wildman–Crippen LogP) is 5.66. The molecule has 0 aliphatic carbocycles. The Hall–Kier alpha value is -1.29. The lowest BCUT2D eigenvalue weighted by molar-refractivity contribution is 1.42. The van der Waals surface area contributed by atoms with Crippen LogP contribution in [-0.2, 0) is 0 Å². The van der Waals surface area contributed by atoms with E-state index in [9.17, 15) is 0 Å². The Bertz CT molecular complexity index is 752. The van der Waals surface area contributed by atoms with Crippen LogP contribution in [0.1, 0.15) is 5.56 Å². The van der Waals surface area contributed by atoms with Crippen LogP contribution < -0.4 is 5.32 Å². The molecule has 0 saturated heterocycles. The quantitative estimate of drug-likeness (QED) is 0.661. The molecule has 0 aliphatic rings. The second-order valence-electron chi connectivity index (χ2n) is 4.22. The number of hydrogen-bond donors (Lipinski definition) is 1. The zero-order valence-corrected chi connectivity index (χ0v) is 12.4. The van der Waals surface area contributed by atoms with Gasteiger partial charge >= 0.3 is 0 Å². The van der Waals surface area contributed by atoms with E-state index in [1.165, 1.54) is 5.56 Å². The first-order chi connectivity index (χ1) is 9.13. The third-order valence-corrected chi connectivity index (χ3v) is 4.51. The Morgan fingerprint density at radius 1 is 1.16 bits per heavy atom. The molecule has 1 heterocycles. The number of aryl methyl sites for hydroxylation is 1. The zero-order chi connectivity index (χ0) is 13.4. The molecule has 5 heteroatoms. The molecule has 0 bridgehead atoms. The molecule has 0 spiro atoms. The van der Waals surface area contributed by atoms with E-state index in [1.807, 2.05) is 12.1 Å². The van der Waals surface area contributed by atoms with Crippen molar-refractivity contribution in [3.8, 4) is 0 Å². The number of fused-ring (bicyclic) bond motifs is 1. The molecule has 0 unspecified atom stereocenters. The van der Waals surface area contributed by atoms with Gasteiger partial charge in [-0.3, -0.25) is 0 Å². The number of nitrogens with one attached hydrogen (secondary N) is 1. The highest BCUT2D eigenvalue weighted by Crippen LogP contribution is 2.34. The van der Waals surface area contributed by atoms with Gasteiger partial charge in [-0.1, -0.05) is 46.7 Å². The fourth-order valence-electron chi connectivity index (χ4n) is 1.81. The molecular formula is C14H10Cl2N2S. The summed E-state index contributed by atoms with van der Waals surface area (Å²) in [6, 6.07) is 11.7. The first-order valence-corrected chi connectivity index (χ1v) is 7.29. The monoisotopic (exact) mass is 308 g/mol. The molecule has 2 aromatic carbocycles. The van der Waals surface area contributed by atoms with Crippen LogP contribution in [0.25, 0.3) is 10.2 Å². The molecule has 1 N–H and O–H groups in total. The summed E-state index contributed by atoms with van der Waals surface area (Å²) in [5.41, 5.74) is 2.96. The van der Waals surface area contributed by atoms with Crippen molar-refractivity contribution in [3.05, 3.63) is 52.0 Å². The minimum atomic E-state index is 0.514. The fraction of sp³-hybridized carbons (Fsp3) is 0.0714. The standard InChI is InChI=1S/C14H10Cl2N2S/c1-8-5-6-12-11(7-8)18-14(19-12)17-10-4-2-3-9(15)13(10)16/h2-7H,1H3,(H,17,18). The van der Waals surface area contributed by atoms with Crippen molar-refractivity contribution in [2.75, 3.05) is 5.32 Å². The highest BCUT2D eigenvalue weighted by molar-refractivity contribution is 7.22. The summed E-state index contributed by atoms with van der Waals surface area (Å²) in [7, 11) is 0. The predicted molar refractivity (Wildman–Crippen MR) is 84.1 cm³/mol. The van der Waals surface area contributed by atoms with Crippen LogP contribution in [0.4, 0.5) is 10.8 Å². The normalized spacial score (nSPS) is 10.9. The average Bonchev–Trinajstić information content (AvgIpc) is 2.76. The van der Waals surface area contributed by atoms with Crippen molar-refractivity contribution in [2.45, 2.75) is 6.92 Å². The molecule has 19 heavy (non-hydrogen) atoms. The maximum atomic E-state index is 6.15. The van der Waals surface area contributed by atoms with Gasteiger partial charge in [0.2, 0.25) is 0 Å². The minimum absolute atomic E-state index is 0.514. The average molecular weight is 309 g/mol. The summed E-state index contributed by atoms with van der Waals surface area (Å²) >= 11 is 13.7. The van der Waals surface area contributed by atoms with E-state index in [4.69, 9.17) is 23.2 Å². The van der Waals surface area contributed by atoms with Gasteiger partial charge < -0.3 is 5.32 Å². The van der Waals surface area contributed by atoms with Crippen molar-refractivity contribution in [2.24, 2.45) is 0 Å². The van der Waals surface area contributed by atoms with Gasteiger partial charge in [0, 0.05) is 0 Å². The van der Waals surface area contributed by atoms with E-state index in [-0.39, 0.29) is 0 Å². The number of benzene rings is 2. The number of nitrogens with zero attached hydrogens (tertiary/aromatic N) is 1. The second kappa shape index (κ2) is 5.00. The molecule has 0 aliphatic heterocycles. The molecular weight excluding hydrogens is 299 g/mol. The lowest BCUT2D eigenvalue weighted by atomic mass is 10.2. The number of halogens is 2. The first kappa shape index (κ1) is 12.7. The zero-order valence-electron chi connectivity index (χ0n) is 10.1. The minimum Gasteiger partial charge on any atom is -0.330 e. The summed E-state index contributed by atoms with van der Waals surface area (Å²) in [5.74, 6) is 0. The topological polar surface area (TPSA) is 24.9 Å². The first-order valence-electron chi connectivity index (χ1n) is 5.72. The molecule has 0 saturated carbocycles. The van der Waals surface area contributed by atoms with E-state index in [0.717, 1.165) is 21.0 Å². The molecule has 96 valence electrons. The second-order valence-corrected chi connectivity index (χ2v) is 6.03. The Morgan fingerprint density at radius 3 is 2.84 bits per heavy atom. The van der Waals surface area contributed by atoms with Gasteiger partial charge in [-0.25, -0.2) is 4.98 Å². The molecule has 0 atom stereocenters. The van der Waals surface area contributed by atoms with Crippen LogP contribution in [-0.4, -0.2) is 4.98 Å². The van der Waals surface area contributed by atoms with E-state index in [1.54, 1.807) is 17.4 Å². The number of hydrogen-bond acceptors (Lipinski definition) is 3. The summed E-state index contributed by atoms with van der Waals surface area (Å²) < 4.78 is 1.14. The van der Waals surface area contributed by atoms with E-state index in [0.29, 0.717) is 10.0 Å². The molecule has 0 fully saturated rings. The van der Waals surface area contributed by atoms with Crippen LogP contribution in [0.3, 0.4) is 0 Å². The third-order valence-electron chi connectivity index (χ3n) is 2.74. The van der Waals surface area contributed by atoms with E-state index in [2.05, 4.69) is 35.4 Å². The van der Waals surface area contributed by atoms with Crippen LogP contribution in [0, 0.1) is 6.92 Å². The van der Waals surface area contributed by atoms with Crippen molar-refractivity contribution in [1.29, 1.82) is 0 Å². The van der Waals surface area contributed by atoms with Gasteiger partial charge in [0.25, 0.3) is 0 Å². The third kappa shape index (κ3) is 2.54. The van der Waals surface area contributed by atoms with Crippen molar-refractivity contribution < 1.29 is 0 Å². The highest BCUT2D eigenvalue weighted by atomic mass is 35.5. The molecule has 0 amide bonds. The van der Waals surface area contributed by atoms with E-state index < -0.39 is 0 Å². The molecule has 3 rings (SSSR count). The number of thiazole rings is 1. The van der Waals surface area contributed by atoms with Crippen molar-refractivity contribution >= 4 is 55.6 Å². The lowest BCUT2D eigenvalue weighted by Gasteiger charge is -2.05. The van der Waals surface area contributed by atoms with Crippen LogP contribution in [0.5, 0.6) is 0 Å². The summed E-state index contributed by atoms with van der Waals surface area (Å²) in [4.78, 5) is 4.55. The highest BCUT2D eigenvalue weighted by Gasteiger charge is 2.08. The summed E-state index contributed by atoms with van der Waals surface area (Å²) in [5, 5.41) is 5.07. The van der Waals surface area contributed by atoms with Gasteiger partial charge in [-0.2, -0.15) is 0 Å². The van der Waals surface area contributed by atoms with Gasteiger partial charge in [0.15, 0.2) is 5.13 Å². The van der Waals surface area contributed by atoms with Crippen LogP contribution in [0.2, 0.25) is 10.0 Å². The number of anilines is 2.